The van der Waals surface area contributed by atoms with Crippen LogP contribution in [0.2, 0.25) is 5.02 Å². The molecule has 132 valence electrons. The lowest BCUT2D eigenvalue weighted by atomic mass is 10.1. The number of anilines is 1. The highest BCUT2D eigenvalue weighted by Gasteiger charge is 2.24. The lowest BCUT2D eigenvalue weighted by molar-refractivity contribution is 0.119. The number of halogens is 1. The van der Waals surface area contributed by atoms with Gasteiger partial charge < -0.3 is 10.2 Å². The third-order valence-corrected chi connectivity index (χ3v) is 5.26. The summed E-state index contributed by atoms with van der Waals surface area (Å²) in [5.74, 6) is 0. The Kier molecular flexibility index (Phi) is 5.61. The Morgan fingerprint density at radius 3 is 2.40 bits per heavy atom. The zero-order chi connectivity index (χ0) is 17.8. The van der Waals surface area contributed by atoms with Crippen LogP contribution in [0.3, 0.4) is 0 Å². The number of carbonyl (C=O) groups excluding carboxylic acids is 1. The van der Waals surface area contributed by atoms with Crippen molar-refractivity contribution >= 4 is 23.3 Å². The standard InChI is InChI=1S/C20H24ClN3O/c1-15-8-9-18(14-19(15)21)22-20(25)24-12-10-23(11-13-24)16(2)17-6-4-3-5-7-17/h3-9,14,16H,10-13H2,1-2H3,(H,22,25). The molecule has 25 heavy (non-hydrogen) atoms. The molecule has 1 N–H and O–H groups in total. The molecule has 0 spiro atoms. The molecule has 0 aliphatic carbocycles. The molecule has 0 aromatic heterocycles. The molecular formula is C20H24ClN3O. The van der Waals surface area contributed by atoms with E-state index in [1.54, 1.807) is 6.07 Å². The van der Waals surface area contributed by atoms with Crippen LogP contribution in [0.25, 0.3) is 0 Å². The molecule has 1 aliphatic rings. The van der Waals surface area contributed by atoms with Crippen LogP contribution < -0.4 is 5.32 Å². The monoisotopic (exact) mass is 357 g/mol. The van der Waals surface area contributed by atoms with Crippen LogP contribution in [0, 0.1) is 6.92 Å². The van der Waals surface area contributed by atoms with Crippen molar-refractivity contribution in [3.8, 4) is 0 Å². The van der Waals surface area contributed by atoms with Gasteiger partial charge in [0.2, 0.25) is 0 Å². The van der Waals surface area contributed by atoms with E-state index >= 15 is 0 Å². The van der Waals surface area contributed by atoms with Gasteiger partial charge in [-0.15, -0.1) is 0 Å². The quantitative estimate of drug-likeness (QED) is 0.874. The minimum Gasteiger partial charge on any atom is -0.322 e. The van der Waals surface area contributed by atoms with Crippen LogP contribution in [0.1, 0.15) is 24.1 Å². The normalized spacial score (nSPS) is 16.5. The molecular weight excluding hydrogens is 334 g/mol. The van der Waals surface area contributed by atoms with Gasteiger partial charge >= 0.3 is 6.03 Å². The smallest absolute Gasteiger partial charge is 0.321 e. The molecule has 2 aromatic carbocycles. The molecule has 5 heteroatoms. The van der Waals surface area contributed by atoms with Crippen molar-refractivity contribution in [2.75, 3.05) is 31.5 Å². The van der Waals surface area contributed by atoms with E-state index < -0.39 is 0 Å². The zero-order valence-corrected chi connectivity index (χ0v) is 15.5. The number of nitrogens with zero attached hydrogens (tertiary/aromatic N) is 2. The number of nitrogens with one attached hydrogen (secondary N) is 1. The molecule has 1 aliphatic heterocycles. The van der Waals surface area contributed by atoms with Crippen LogP contribution in [-0.4, -0.2) is 42.0 Å². The van der Waals surface area contributed by atoms with Crippen LogP contribution in [-0.2, 0) is 0 Å². The summed E-state index contributed by atoms with van der Waals surface area (Å²) in [4.78, 5) is 16.7. The predicted octanol–water partition coefficient (Wildman–Crippen LogP) is 4.56. The van der Waals surface area contributed by atoms with Crippen molar-refractivity contribution < 1.29 is 4.79 Å². The van der Waals surface area contributed by atoms with Crippen LogP contribution in [0.4, 0.5) is 10.5 Å². The van der Waals surface area contributed by atoms with Gasteiger partial charge in [-0.25, -0.2) is 4.79 Å². The average Bonchev–Trinajstić information content (AvgIpc) is 2.65. The molecule has 4 nitrogen and oxygen atoms in total. The molecule has 0 bridgehead atoms. The molecule has 1 unspecified atom stereocenters. The topological polar surface area (TPSA) is 35.6 Å². The third kappa shape index (κ3) is 4.33. The van der Waals surface area contributed by atoms with Crippen molar-refractivity contribution in [2.24, 2.45) is 0 Å². The zero-order valence-electron chi connectivity index (χ0n) is 14.7. The molecule has 1 saturated heterocycles. The fraction of sp³-hybridized carbons (Fsp3) is 0.350. The minimum absolute atomic E-state index is 0.0630. The summed E-state index contributed by atoms with van der Waals surface area (Å²) in [7, 11) is 0. The number of urea groups is 1. The Bertz CT molecular complexity index is 727. The van der Waals surface area contributed by atoms with E-state index in [-0.39, 0.29) is 6.03 Å². The van der Waals surface area contributed by atoms with Crippen LogP contribution >= 0.6 is 11.6 Å². The van der Waals surface area contributed by atoms with Gasteiger partial charge in [-0.2, -0.15) is 0 Å². The Morgan fingerprint density at radius 2 is 1.76 bits per heavy atom. The Labute approximate surface area is 154 Å². The number of amides is 2. The second-order valence-electron chi connectivity index (χ2n) is 6.50. The lowest BCUT2D eigenvalue weighted by Gasteiger charge is -2.38. The summed E-state index contributed by atoms with van der Waals surface area (Å²) >= 11 is 6.12. The van der Waals surface area contributed by atoms with Gasteiger partial charge in [0, 0.05) is 42.9 Å². The molecule has 0 radical (unpaired) electrons. The average molecular weight is 358 g/mol. The third-order valence-electron chi connectivity index (χ3n) is 4.85. The van der Waals surface area contributed by atoms with Crippen molar-refractivity contribution in [1.29, 1.82) is 0 Å². The van der Waals surface area contributed by atoms with E-state index in [1.165, 1.54) is 5.56 Å². The fourth-order valence-electron chi connectivity index (χ4n) is 3.13. The van der Waals surface area contributed by atoms with Crippen molar-refractivity contribution in [1.82, 2.24) is 9.80 Å². The summed E-state index contributed by atoms with van der Waals surface area (Å²) in [5.41, 5.74) is 3.05. The second-order valence-corrected chi connectivity index (χ2v) is 6.91. The molecule has 2 aromatic rings. The highest BCUT2D eigenvalue weighted by atomic mass is 35.5. The Balaban J connectivity index is 1.54. The van der Waals surface area contributed by atoms with Gasteiger partial charge in [-0.05, 0) is 37.1 Å². The van der Waals surface area contributed by atoms with E-state index in [1.807, 2.05) is 30.0 Å². The first-order valence-electron chi connectivity index (χ1n) is 8.65. The van der Waals surface area contributed by atoms with Gasteiger partial charge in [-0.3, -0.25) is 4.90 Å². The van der Waals surface area contributed by atoms with Gasteiger partial charge in [0.15, 0.2) is 0 Å². The van der Waals surface area contributed by atoms with Gasteiger partial charge in [0.1, 0.15) is 0 Å². The summed E-state index contributed by atoms with van der Waals surface area (Å²) in [6.45, 7) is 7.36. The first-order chi connectivity index (χ1) is 12.0. The largest absolute Gasteiger partial charge is 0.322 e. The van der Waals surface area contributed by atoms with E-state index in [0.717, 1.165) is 37.4 Å². The summed E-state index contributed by atoms with van der Waals surface area (Å²) < 4.78 is 0. The van der Waals surface area contributed by atoms with Crippen molar-refractivity contribution in [2.45, 2.75) is 19.9 Å². The van der Waals surface area contributed by atoms with Crippen molar-refractivity contribution in [3.63, 3.8) is 0 Å². The highest BCUT2D eigenvalue weighted by molar-refractivity contribution is 6.31. The maximum absolute atomic E-state index is 12.5. The molecule has 1 atom stereocenters. The molecule has 2 amide bonds. The summed E-state index contributed by atoms with van der Waals surface area (Å²) in [6.07, 6.45) is 0. The molecule has 0 saturated carbocycles. The van der Waals surface area contributed by atoms with Gasteiger partial charge in [0.05, 0.1) is 0 Å². The SMILES string of the molecule is Cc1ccc(NC(=O)N2CCN(C(C)c3ccccc3)CC2)cc1Cl. The number of rotatable bonds is 3. The van der Waals surface area contributed by atoms with Gasteiger partial charge in [0.25, 0.3) is 0 Å². The highest BCUT2D eigenvalue weighted by Crippen LogP contribution is 2.23. The van der Waals surface area contributed by atoms with E-state index in [9.17, 15) is 4.79 Å². The molecule has 3 rings (SSSR count). The predicted molar refractivity (Wildman–Crippen MR) is 103 cm³/mol. The van der Waals surface area contributed by atoms with Crippen LogP contribution in [0.5, 0.6) is 0 Å². The van der Waals surface area contributed by atoms with E-state index in [0.29, 0.717) is 11.1 Å². The number of hydrogen-bond donors (Lipinski definition) is 1. The first-order valence-corrected chi connectivity index (χ1v) is 9.03. The summed E-state index contributed by atoms with van der Waals surface area (Å²) in [6, 6.07) is 16.4. The number of aryl methyl sites for hydroxylation is 1. The number of benzene rings is 2. The second kappa shape index (κ2) is 7.89. The van der Waals surface area contributed by atoms with Gasteiger partial charge in [-0.1, -0.05) is 48.0 Å². The first kappa shape index (κ1) is 17.8. The number of piperazine rings is 1. The lowest BCUT2D eigenvalue weighted by Crippen LogP contribution is -2.50. The van der Waals surface area contributed by atoms with Crippen LogP contribution in [0.15, 0.2) is 48.5 Å². The Morgan fingerprint density at radius 1 is 1.08 bits per heavy atom. The molecule has 1 heterocycles. The van der Waals surface area contributed by atoms with E-state index in [4.69, 9.17) is 11.6 Å². The van der Waals surface area contributed by atoms with E-state index in [2.05, 4.69) is 41.4 Å². The van der Waals surface area contributed by atoms with Crippen molar-refractivity contribution in [3.05, 3.63) is 64.7 Å². The maximum Gasteiger partial charge on any atom is 0.321 e. The molecule has 1 fully saturated rings. The maximum atomic E-state index is 12.5. The summed E-state index contributed by atoms with van der Waals surface area (Å²) in [5, 5.41) is 3.61. The minimum atomic E-state index is -0.0630. The number of hydrogen-bond acceptors (Lipinski definition) is 2. The fourth-order valence-corrected chi connectivity index (χ4v) is 3.31. The Hall–Kier alpha value is -2.04. The number of carbonyl (C=O) groups is 1.